The number of amides is 2. The van der Waals surface area contributed by atoms with E-state index in [-0.39, 0.29) is 18.0 Å². The Labute approximate surface area is 107 Å². The van der Waals surface area contributed by atoms with Crippen molar-refractivity contribution in [3.8, 4) is 0 Å². The fourth-order valence-corrected chi connectivity index (χ4v) is 2.32. The molecule has 1 unspecified atom stereocenters. The molecule has 1 rings (SSSR count). The standard InChI is InChI=1S/C12H22N2O4/c1-3-12(4-2)5-6-14(8-12)11(18)13-7-9(15)10(16)17/h9,15H,3-8H2,1-2H3,(H,13,18)(H,16,17). The SMILES string of the molecule is CCC1(CC)CCN(C(=O)NCC(O)C(=O)O)C1. The molecule has 0 aliphatic carbocycles. The van der Waals surface area contributed by atoms with Gasteiger partial charge in [0.05, 0.1) is 6.54 Å². The molecule has 1 aliphatic rings. The zero-order valence-electron chi connectivity index (χ0n) is 11.0. The molecule has 0 saturated carbocycles. The summed E-state index contributed by atoms with van der Waals surface area (Å²) < 4.78 is 0. The summed E-state index contributed by atoms with van der Waals surface area (Å²) >= 11 is 0. The number of hydrogen-bond acceptors (Lipinski definition) is 3. The van der Waals surface area contributed by atoms with Crippen molar-refractivity contribution in [2.24, 2.45) is 5.41 Å². The number of hydrogen-bond donors (Lipinski definition) is 3. The molecule has 1 fully saturated rings. The quantitative estimate of drug-likeness (QED) is 0.675. The average molecular weight is 258 g/mol. The predicted molar refractivity (Wildman–Crippen MR) is 66.2 cm³/mol. The number of nitrogens with one attached hydrogen (secondary N) is 1. The van der Waals surface area contributed by atoms with Gasteiger partial charge in [-0.15, -0.1) is 0 Å². The molecule has 0 aromatic heterocycles. The number of carboxylic acid groups (broad SMARTS) is 1. The summed E-state index contributed by atoms with van der Waals surface area (Å²) in [6.45, 7) is 5.39. The Hall–Kier alpha value is -1.30. The van der Waals surface area contributed by atoms with E-state index in [1.54, 1.807) is 4.90 Å². The fraction of sp³-hybridized carbons (Fsp3) is 0.833. The van der Waals surface area contributed by atoms with E-state index in [9.17, 15) is 9.59 Å². The highest BCUT2D eigenvalue weighted by Crippen LogP contribution is 2.36. The summed E-state index contributed by atoms with van der Waals surface area (Å²) in [5, 5.41) is 20.0. The van der Waals surface area contributed by atoms with Crippen LogP contribution in [0.1, 0.15) is 33.1 Å². The van der Waals surface area contributed by atoms with E-state index < -0.39 is 12.1 Å². The van der Waals surface area contributed by atoms with Crippen molar-refractivity contribution < 1.29 is 19.8 Å². The van der Waals surface area contributed by atoms with E-state index in [1.165, 1.54) is 0 Å². The van der Waals surface area contributed by atoms with Crippen LogP contribution in [0.3, 0.4) is 0 Å². The molecule has 3 N–H and O–H groups in total. The van der Waals surface area contributed by atoms with Gasteiger partial charge in [-0.05, 0) is 24.7 Å². The van der Waals surface area contributed by atoms with Crippen LogP contribution in [-0.4, -0.2) is 52.9 Å². The molecule has 0 aromatic carbocycles. The van der Waals surface area contributed by atoms with Crippen LogP contribution in [0.4, 0.5) is 4.79 Å². The molecule has 104 valence electrons. The lowest BCUT2D eigenvalue weighted by atomic mass is 9.82. The van der Waals surface area contributed by atoms with Crippen molar-refractivity contribution in [1.82, 2.24) is 10.2 Å². The lowest BCUT2D eigenvalue weighted by molar-refractivity contribution is -0.146. The number of nitrogens with zero attached hydrogens (tertiary/aromatic N) is 1. The number of rotatable bonds is 5. The first kappa shape index (κ1) is 14.8. The second kappa shape index (κ2) is 6.04. The molecule has 1 saturated heterocycles. The van der Waals surface area contributed by atoms with Crippen LogP contribution >= 0.6 is 0 Å². The topological polar surface area (TPSA) is 89.9 Å². The van der Waals surface area contributed by atoms with Gasteiger partial charge in [-0.1, -0.05) is 13.8 Å². The largest absolute Gasteiger partial charge is 0.479 e. The smallest absolute Gasteiger partial charge is 0.334 e. The molecular formula is C12H22N2O4. The number of aliphatic hydroxyl groups is 1. The number of carbonyl (C=O) groups is 2. The van der Waals surface area contributed by atoms with Crippen LogP contribution in [0, 0.1) is 5.41 Å². The lowest BCUT2D eigenvalue weighted by Gasteiger charge is -2.26. The Morgan fingerprint density at radius 3 is 2.44 bits per heavy atom. The number of aliphatic hydroxyl groups excluding tert-OH is 1. The van der Waals surface area contributed by atoms with Gasteiger partial charge in [-0.2, -0.15) is 0 Å². The van der Waals surface area contributed by atoms with Crippen molar-refractivity contribution in [2.75, 3.05) is 19.6 Å². The van der Waals surface area contributed by atoms with E-state index in [1.807, 2.05) is 0 Å². The Morgan fingerprint density at radius 2 is 2.00 bits per heavy atom. The van der Waals surface area contributed by atoms with Gasteiger partial charge in [-0.25, -0.2) is 9.59 Å². The van der Waals surface area contributed by atoms with E-state index in [0.29, 0.717) is 13.1 Å². The first-order chi connectivity index (χ1) is 8.44. The molecular weight excluding hydrogens is 236 g/mol. The van der Waals surface area contributed by atoms with Crippen LogP contribution in [-0.2, 0) is 4.79 Å². The van der Waals surface area contributed by atoms with Gasteiger partial charge in [0.1, 0.15) is 0 Å². The second-order valence-corrected chi connectivity index (χ2v) is 4.92. The van der Waals surface area contributed by atoms with Gasteiger partial charge in [0.15, 0.2) is 6.10 Å². The molecule has 1 aliphatic heterocycles. The number of aliphatic carboxylic acids is 1. The Kier molecular flexibility index (Phi) is 4.95. The van der Waals surface area contributed by atoms with Crippen molar-refractivity contribution >= 4 is 12.0 Å². The highest BCUT2D eigenvalue weighted by molar-refractivity contribution is 5.77. The van der Waals surface area contributed by atoms with Crippen LogP contribution in [0.15, 0.2) is 0 Å². The number of carboxylic acids is 1. The molecule has 0 radical (unpaired) electrons. The highest BCUT2D eigenvalue weighted by atomic mass is 16.4. The molecule has 2 amide bonds. The van der Waals surface area contributed by atoms with Gasteiger partial charge in [0.2, 0.25) is 0 Å². The van der Waals surface area contributed by atoms with E-state index in [0.717, 1.165) is 19.3 Å². The van der Waals surface area contributed by atoms with Crippen molar-refractivity contribution in [3.63, 3.8) is 0 Å². The summed E-state index contributed by atoms with van der Waals surface area (Å²) in [6.07, 6.45) is 1.50. The summed E-state index contributed by atoms with van der Waals surface area (Å²) in [4.78, 5) is 23.9. The maximum absolute atomic E-state index is 11.8. The third kappa shape index (κ3) is 3.35. The minimum atomic E-state index is -1.54. The van der Waals surface area contributed by atoms with Crippen molar-refractivity contribution in [1.29, 1.82) is 0 Å². The monoisotopic (exact) mass is 258 g/mol. The average Bonchev–Trinajstić information content (AvgIpc) is 2.80. The van der Waals surface area contributed by atoms with Crippen LogP contribution < -0.4 is 5.32 Å². The van der Waals surface area contributed by atoms with Crippen LogP contribution in [0.2, 0.25) is 0 Å². The molecule has 6 heteroatoms. The Balaban J connectivity index is 2.43. The molecule has 0 bridgehead atoms. The van der Waals surface area contributed by atoms with E-state index >= 15 is 0 Å². The van der Waals surface area contributed by atoms with Crippen molar-refractivity contribution in [3.05, 3.63) is 0 Å². The summed E-state index contributed by atoms with van der Waals surface area (Å²) in [5.74, 6) is -1.33. The summed E-state index contributed by atoms with van der Waals surface area (Å²) in [6, 6.07) is -0.293. The second-order valence-electron chi connectivity index (χ2n) is 4.92. The van der Waals surface area contributed by atoms with Gasteiger partial charge in [0.25, 0.3) is 0 Å². The maximum atomic E-state index is 11.8. The first-order valence-electron chi connectivity index (χ1n) is 6.38. The minimum Gasteiger partial charge on any atom is -0.479 e. The van der Waals surface area contributed by atoms with Gasteiger partial charge in [0, 0.05) is 13.1 Å². The molecule has 18 heavy (non-hydrogen) atoms. The van der Waals surface area contributed by atoms with Gasteiger partial charge in [-0.3, -0.25) is 0 Å². The Bertz CT molecular complexity index is 315. The number of carbonyl (C=O) groups excluding carboxylic acids is 1. The predicted octanol–water partition coefficient (Wildman–Crippen LogP) is 0.654. The maximum Gasteiger partial charge on any atom is 0.334 e. The molecule has 0 spiro atoms. The van der Waals surface area contributed by atoms with E-state index in [2.05, 4.69) is 19.2 Å². The van der Waals surface area contributed by atoms with Crippen LogP contribution in [0.5, 0.6) is 0 Å². The van der Waals surface area contributed by atoms with Gasteiger partial charge < -0.3 is 20.4 Å². The lowest BCUT2D eigenvalue weighted by Crippen LogP contribution is -2.44. The minimum absolute atomic E-state index is 0.197. The number of likely N-dealkylation sites (tertiary alicyclic amines) is 1. The molecule has 1 heterocycles. The third-order valence-electron chi connectivity index (χ3n) is 3.96. The van der Waals surface area contributed by atoms with E-state index in [4.69, 9.17) is 10.2 Å². The summed E-state index contributed by atoms with van der Waals surface area (Å²) in [7, 11) is 0. The summed E-state index contributed by atoms with van der Waals surface area (Å²) in [5.41, 5.74) is 0.197. The first-order valence-corrected chi connectivity index (χ1v) is 6.38. The normalized spacial score (nSPS) is 19.6. The zero-order valence-corrected chi connectivity index (χ0v) is 11.0. The van der Waals surface area contributed by atoms with Crippen molar-refractivity contribution in [2.45, 2.75) is 39.2 Å². The third-order valence-corrected chi connectivity index (χ3v) is 3.96. The van der Waals surface area contributed by atoms with Crippen LogP contribution in [0.25, 0.3) is 0 Å². The highest BCUT2D eigenvalue weighted by Gasteiger charge is 2.37. The molecule has 0 aromatic rings. The molecule has 1 atom stereocenters. The fourth-order valence-electron chi connectivity index (χ4n) is 2.32. The zero-order chi connectivity index (χ0) is 13.8. The Morgan fingerprint density at radius 1 is 1.39 bits per heavy atom. The number of urea groups is 1. The van der Waals surface area contributed by atoms with Gasteiger partial charge >= 0.3 is 12.0 Å². The molecule has 6 nitrogen and oxygen atoms in total.